The minimum atomic E-state index is -0.0580. The third-order valence-electron chi connectivity index (χ3n) is 3.68. The summed E-state index contributed by atoms with van der Waals surface area (Å²) in [5.74, 6) is 0. The molecule has 0 radical (unpaired) electrons. The zero-order valence-corrected chi connectivity index (χ0v) is 11.2. The van der Waals surface area contributed by atoms with Crippen molar-refractivity contribution in [3.63, 3.8) is 0 Å². The Balaban J connectivity index is 2.16. The Morgan fingerprint density at radius 1 is 1.42 bits per heavy atom. The van der Waals surface area contributed by atoms with E-state index in [1.54, 1.807) is 11.9 Å². The van der Waals surface area contributed by atoms with E-state index in [1.807, 2.05) is 19.1 Å². The Bertz CT molecular complexity index is 669. The maximum Gasteiger partial charge on any atom is 0.321 e. The largest absolute Gasteiger partial charge is 0.353 e. The molecule has 0 saturated heterocycles. The highest BCUT2D eigenvalue weighted by Crippen LogP contribution is 2.33. The van der Waals surface area contributed by atoms with Crippen molar-refractivity contribution in [1.82, 2.24) is 15.2 Å². The molecule has 1 aliphatic heterocycles. The Morgan fingerprint density at radius 3 is 2.95 bits per heavy atom. The number of aromatic nitrogens is 1. The van der Waals surface area contributed by atoms with Gasteiger partial charge in [0.1, 0.15) is 0 Å². The molecule has 2 heterocycles. The number of amides is 2. The number of para-hydroxylation sites is 1. The molecular weight excluding hydrogens is 238 g/mol. The summed E-state index contributed by atoms with van der Waals surface area (Å²) in [5, 5.41) is 3.95. The van der Waals surface area contributed by atoms with Crippen molar-refractivity contribution >= 4 is 22.6 Å². The molecule has 1 aromatic heterocycles. The SMILES string of the molecule is C/C=C1\c2[nH]c3ccccc3c2CCN1C(=O)NC. The van der Waals surface area contributed by atoms with Crippen LogP contribution in [0, 0.1) is 0 Å². The first-order valence-electron chi connectivity index (χ1n) is 6.51. The second-order valence-corrected chi connectivity index (χ2v) is 4.65. The first-order valence-corrected chi connectivity index (χ1v) is 6.51. The number of carbonyl (C=O) groups excluding carboxylic acids is 1. The number of hydrogen-bond acceptors (Lipinski definition) is 1. The van der Waals surface area contributed by atoms with Crippen LogP contribution in [-0.2, 0) is 6.42 Å². The first-order chi connectivity index (χ1) is 9.26. The van der Waals surface area contributed by atoms with E-state index >= 15 is 0 Å². The van der Waals surface area contributed by atoms with Crippen molar-refractivity contribution in [2.75, 3.05) is 13.6 Å². The van der Waals surface area contributed by atoms with Gasteiger partial charge < -0.3 is 10.3 Å². The minimum absolute atomic E-state index is 0.0580. The lowest BCUT2D eigenvalue weighted by Crippen LogP contribution is -2.40. The number of urea groups is 1. The number of fused-ring (bicyclic) bond motifs is 3. The molecule has 0 spiro atoms. The highest BCUT2D eigenvalue weighted by molar-refractivity contribution is 5.93. The van der Waals surface area contributed by atoms with Crippen LogP contribution >= 0.6 is 0 Å². The van der Waals surface area contributed by atoms with Crippen LogP contribution in [0.25, 0.3) is 16.6 Å². The highest BCUT2D eigenvalue weighted by Gasteiger charge is 2.27. The standard InChI is InChI=1S/C15H17N3O/c1-3-13-14-11(8-9-18(13)15(19)16-2)10-6-4-5-7-12(10)17-14/h3-7,17H,8-9H2,1-2H3,(H,16,19)/b13-3+. The van der Waals surface area contributed by atoms with E-state index in [0.29, 0.717) is 6.54 Å². The second-order valence-electron chi connectivity index (χ2n) is 4.65. The van der Waals surface area contributed by atoms with Gasteiger partial charge in [0, 0.05) is 24.5 Å². The molecule has 2 N–H and O–H groups in total. The first kappa shape index (κ1) is 11.8. The van der Waals surface area contributed by atoms with Crippen LogP contribution in [0.5, 0.6) is 0 Å². The van der Waals surface area contributed by atoms with E-state index in [0.717, 1.165) is 23.3 Å². The van der Waals surface area contributed by atoms with E-state index < -0.39 is 0 Å². The zero-order valence-electron chi connectivity index (χ0n) is 11.2. The monoisotopic (exact) mass is 255 g/mol. The topological polar surface area (TPSA) is 48.1 Å². The molecule has 4 nitrogen and oxygen atoms in total. The molecule has 0 fully saturated rings. The number of H-pyrrole nitrogens is 1. The Hall–Kier alpha value is -2.23. The summed E-state index contributed by atoms with van der Waals surface area (Å²) in [6.07, 6.45) is 2.87. The zero-order chi connectivity index (χ0) is 13.4. The van der Waals surface area contributed by atoms with Gasteiger partial charge >= 0.3 is 6.03 Å². The van der Waals surface area contributed by atoms with E-state index in [4.69, 9.17) is 0 Å². The fraction of sp³-hybridized carbons (Fsp3) is 0.267. The van der Waals surface area contributed by atoms with Crippen molar-refractivity contribution in [2.24, 2.45) is 0 Å². The summed E-state index contributed by atoms with van der Waals surface area (Å²) in [5.41, 5.74) is 4.46. The number of benzene rings is 1. The third kappa shape index (κ3) is 1.71. The Labute approximate surface area is 112 Å². The summed E-state index contributed by atoms with van der Waals surface area (Å²) < 4.78 is 0. The maximum absolute atomic E-state index is 11.9. The fourth-order valence-corrected chi connectivity index (χ4v) is 2.80. The third-order valence-corrected chi connectivity index (χ3v) is 3.68. The molecule has 0 bridgehead atoms. The molecule has 4 heteroatoms. The lowest BCUT2D eigenvalue weighted by Gasteiger charge is -2.29. The van der Waals surface area contributed by atoms with Gasteiger partial charge in [0.15, 0.2) is 0 Å². The number of nitrogens with one attached hydrogen (secondary N) is 2. The van der Waals surface area contributed by atoms with Crippen molar-refractivity contribution in [2.45, 2.75) is 13.3 Å². The molecule has 0 saturated carbocycles. The number of rotatable bonds is 0. The lowest BCUT2D eigenvalue weighted by molar-refractivity contribution is 0.219. The van der Waals surface area contributed by atoms with Crippen LogP contribution in [0.2, 0.25) is 0 Å². The Kier molecular flexibility index (Phi) is 2.78. The van der Waals surface area contributed by atoms with Gasteiger partial charge in [-0.3, -0.25) is 4.90 Å². The minimum Gasteiger partial charge on any atom is -0.353 e. The molecule has 1 aliphatic rings. The van der Waals surface area contributed by atoms with Crippen LogP contribution in [0.15, 0.2) is 30.3 Å². The summed E-state index contributed by atoms with van der Waals surface area (Å²) in [7, 11) is 1.66. The lowest BCUT2D eigenvalue weighted by atomic mass is 10.0. The van der Waals surface area contributed by atoms with E-state index in [2.05, 4.69) is 28.5 Å². The van der Waals surface area contributed by atoms with Crippen molar-refractivity contribution in [3.05, 3.63) is 41.6 Å². The molecule has 98 valence electrons. The summed E-state index contributed by atoms with van der Waals surface area (Å²) in [4.78, 5) is 17.1. The molecule has 19 heavy (non-hydrogen) atoms. The van der Waals surface area contributed by atoms with Crippen LogP contribution in [0.4, 0.5) is 4.79 Å². The van der Waals surface area contributed by atoms with Gasteiger partial charge in [0.05, 0.1) is 11.4 Å². The van der Waals surface area contributed by atoms with Gasteiger partial charge in [-0.05, 0) is 25.0 Å². The van der Waals surface area contributed by atoms with Crippen LogP contribution in [0.3, 0.4) is 0 Å². The predicted octanol–water partition coefficient (Wildman–Crippen LogP) is 2.73. The smallest absolute Gasteiger partial charge is 0.321 e. The Morgan fingerprint density at radius 2 is 2.21 bits per heavy atom. The van der Waals surface area contributed by atoms with Crippen LogP contribution < -0.4 is 5.32 Å². The van der Waals surface area contributed by atoms with Crippen LogP contribution in [-0.4, -0.2) is 29.5 Å². The summed E-state index contributed by atoms with van der Waals surface area (Å²) in [6, 6.07) is 8.23. The van der Waals surface area contributed by atoms with E-state index in [-0.39, 0.29) is 6.03 Å². The second kappa shape index (κ2) is 4.46. The molecule has 2 amide bonds. The van der Waals surface area contributed by atoms with Gasteiger partial charge in [-0.1, -0.05) is 24.3 Å². The fourth-order valence-electron chi connectivity index (χ4n) is 2.80. The molecule has 0 unspecified atom stereocenters. The quantitative estimate of drug-likeness (QED) is 0.747. The van der Waals surface area contributed by atoms with Gasteiger partial charge in [-0.15, -0.1) is 0 Å². The molecular formula is C15H17N3O. The van der Waals surface area contributed by atoms with E-state index in [9.17, 15) is 4.79 Å². The number of nitrogens with zero attached hydrogens (tertiary/aromatic N) is 1. The van der Waals surface area contributed by atoms with Gasteiger partial charge in [-0.2, -0.15) is 0 Å². The average molecular weight is 255 g/mol. The van der Waals surface area contributed by atoms with E-state index in [1.165, 1.54) is 10.9 Å². The van der Waals surface area contributed by atoms with Crippen LogP contribution in [0.1, 0.15) is 18.2 Å². The molecule has 0 aliphatic carbocycles. The van der Waals surface area contributed by atoms with Crippen molar-refractivity contribution < 1.29 is 4.79 Å². The van der Waals surface area contributed by atoms with Crippen molar-refractivity contribution in [1.29, 1.82) is 0 Å². The van der Waals surface area contributed by atoms with Gasteiger partial charge in [0.2, 0.25) is 0 Å². The predicted molar refractivity (Wildman–Crippen MR) is 76.8 cm³/mol. The summed E-state index contributed by atoms with van der Waals surface area (Å²) in [6.45, 7) is 2.68. The van der Waals surface area contributed by atoms with Gasteiger partial charge in [0.25, 0.3) is 0 Å². The van der Waals surface area contributed by atoms with Gasteiger partial charge in [-0.25, -0.2) is 4.79 Å². The number of aromatic amines is 1. The highest BCUT2D eigenvalue weighted by atomic mass is 16.2. The number of carbonyl (C=O) groups is 1. The number of allylic oxidation sites excluding steroid dienone is 1. The normalized spacial score (nSPS) is 16.7. The maximum atomic E-state index is 11.9. The number of hydrogen-bond donors (Lipinski definition) is 2. The molecule has 3 rings (SSSR count). The molecule has 0 atom stereocenters. The average Bonchev–Trinajstić information content (AvgIpc) is 2.84. The molecule has 1 aromatic carbocycles. The van der Waals surface area contributed by atoms with Crippen molar-refractivity contribution in [3.8, 4) is 0 Å². The summed E-state index contributed by atoms with van der Waals surface area (Å²) >= 11 is 0. The molecule has 2 aromatic rings.